The highest BCUT2D eigenvalue weighted by Crippen LogP contribution is 2.26. The second-order valence-corrected chi connectivity index (χ2v) is 5.70. The first-order valence-corrected chi connectivity index (χ1v) is 7.53. The number of thiophene rings is 1. The zero-order valence-electron chi connectivity index (χ0n) is 11.6. The minimum absolute atomic E-state index is 0.118. The highest BCUT2D eigenvalue weighted by molar-refractivity contribution is 7.10. The van der Waals surface area contributed by atoms with Crippen LogP contribution in [0.1, 0.15) is 42.8 Å². The average molecular weight is 290 g/mol. The van der Waals surface area contributed by atoms with E-state index in [1.54, 1.807) is 23.5 Å². The summed E-state index contributed by atoms with van der Waals surface area (Å²) < 4.78 is 0. The van der Waals surface area contributed by atoms with Crippen molar-refractivity contribution in [3.05, 3.63) is 62.3 Å². The molecule has 0 saturated carbocycles. The van der Waals surface area contributed by atoms with E-state index in [0.29, 0.717) is 0 Å². The molecule has 2 unspecified atom stereocenters. The molecule has 2 rings (SSSR count). The summed E-state index contributed by atoms with van der Waals surface area (Å²) in [5.74, 6) is 0. The van der Waals surface area contributed by atoms with Crippen molar-refractivity contribution in [1.82, 2.24) is 5.32 Å². The number of nitrogens with zero attached hydrogens (tertiary/aromatic N) is 1. The lowest BCUT2D eigenvalue weighted by Crippen LogP contribution is -2.23. The first-order chi connectivity index (χ1) is 9.61. The molecule has 106 valence electrons. The second-order valence-electron chi connectivity index (χ2n) is 4.72. The van der Waals surface area contributed by atoms with Gasteiger partial charge in [-0.2, -0.15) is 0 Å². The third-order valence-corrected chi connectivity index (χ3v) is 4.37. The highest BCUT2D eigenvalue weighted by atomic mass is 32.1. The third kappa shape index (κ3) is 3.43. The number of hydrogen-bond acceptors (Lipinski definition) is 4. The van der Waals surface area contributed by atoms with Crippen molar-refractivity contribution in [2.45, 2.75) is 32.4 Å². The summed E-state index contributed by atoms with van der Waals surface area (Å²) in [5.41, 5.74) is 1.11. The van der Waals surface area contributed by atoms with Crippen LogP contribution in [0.3, 0.4) is 0 Å². The van der Waals surface area contributed by atoms with Crippen LogP contribution >= 0.6 is 11.3 Å². The summed E-state index contributed by atoms with van der Waals surface area (Å²) in [5, 5.41) is 16.5. The Morgan fingerprint density at radius 1 is 1.35 bits per heavy atom. The predicted octanol–water partition coefficient (Wildman–Crippen LogP) is 4.46. The van der Waals surface area contributed by atoms with Gasteiger partial charge in [0.2, 0.25) is 0 Å². The van der Waals surface area contributed by atoms with Gasteiger partial charge >= 0.3 is 0 Å². The van der Waals surface area contributed by atoms with Crippen molar-refractivity contribution in [3.63, 3.8) is 0 Å². The van der Waals surface area contributed by atoms with Crippen LogP contribution in [0.2, 0.25) is 0 Å². The standard InChI is InChI=1S/C15H18N2O2S/c1-3-14(16-11(2)15-8-5-9-20-15)12-6-4-7-13(10-12)17(18)19/h4-11,14,16H,3H2,1-2H3. The van der Waals surface area contributed by atoms with Crippen LogP contribution in [-0.4, -0.2) is 4.92 Å². The molecule has 1 aromatic heterocycles. The first-order valence-electron chi connectivity index (χ1n) is 6.65. The van der Waals surface area contributed by atoms with E-state index in [4.69, 9.17) is 0 Å². The van der Waals surface area contributed by atoms with Gasteiger partial charge in [-0.1, -0.05) is 25.1 Å². The SMILES string of the molecule is CCC(NC(C)c1cccs1)c1cccc([N+](=O)[O-])c1. The van der Waals surface area contributed by atoms with Gasteiger partial charge in [-0.05, 0) is 30.4 Å². The summed E-state index contributed by atoms with van der Waals surface area (Å²) in [6.07, 6.45) is 0.886. The van der Waals surface area contributed by atoms with Gasteiger partial charge in [-0.3, -0.25) is 10.1 Å². The van der Waals surface area contributed by atoms with Crippen molar-refractivity contribution >= 4 is 17.0 Å². The lowest BCUT2D eigenvalue weighted by atomic mass is 10.0. The van der Waals surface area contributed by atoms with E-state index < -0.39 is 0 Å². The molecule has 0 fully saturated rings. The average Bonchev–Trinajstić information content (AvgIpc) is 2.99. The molecule has 0 bridgehead atoms. The molecule has 0 spiro atoms. The number of rotatable bonds is 6. The predicted molar refractivity (Wildman–Crippen MR) is 82.0 cm³/mol. The van der Waals surface area contributed by atoms with Gasteiger partial charge < -0.3 is 5.32 Å². The Bertz CT molecular complexity index is 569. The number of benzene rings is 1. The Kier molecular flexibility index (Phi) is 4.87. The molecule has 1 aromatic carbocycles. The first kappa shape index (κ1) is 14.7. The molecule has 4 nitrogen and oxygen atoms in total. The number of nitrogens with one attached hydrogen (secondary N) is 1. The maximum Gasteiger partial charge on any atom is 0.269 e. The molecule has 0 aliphatic heterocycles. The molecule has 0 aliphatic rings. The van der Waals surface area contributed by atoms with Gasteiger partial charge in [-0.15, -0.1) is 11.3 Å². The zero-order valence-corrected chi connectivity index (χ0v) is 12.4. The Morgan fingerprint density at radius 3 is 2.75 bits per heavy atom. The van der Waals surface area contributed by atoms with Gasteiger partial charge in [0, 0.05) is 29.1 Å². The Labute approximate surface area is 122 Å². The summed E-state index contributed by atoms with van der Waals surface area (Å²) in [6.45, 7) is 4.20. The monoisotopic (exact) mass is 290 g/mol. The number of hydrogen-bond donors (Lipinski definition) is 1. The van der Waals surface area contributed by atoms with Crippen LogP contribution in [0.5, 0.6) is 0 Å². The number of non-ortho nitro benzene ring substituents is 1. The van der Waals surface area contributed by atoms with Crippen LogP contribution in [-0.2, 0) is 0 Å². The molecule has 20 heavy (non-hydrogen) atoms. The van der Waals surface area contributed by atoms with Gasteiger partial charge in [0.1, 0.15) is 0 Å². The molecule has 0 amide bonds. The van der Waals surface area contributed by atoms with Crippen molar-refractivity contribution in [2.75, 3.05) is 0 Å². The fraction of sp³-hybridized carbons (Fsp3) is 0.333. The van der Waals surface area contributed by atoms with E-state index in [-0.39, 0.29) is 22.7 Å². The molecular formula is C15H18N2O2S. The summed E-state index contributed by atoms with van der Waals surface area (Å²) in [4.78, 5) is 11.8. The van der Waals surface area contributed by atoms with E-state index in [0.717, 1.165) is 12.0 Å². The number of nitro groups is 1. The molecule has 0 saturated heterocycles. The van der Waals surface area contributed by atoms with Gasteiger partial charge in [-0.25, -0.2) is 0 Å². The van der Waals surface area contributed by atoms with Crippen LogP contribution in [0, 0.1) is 10.1 Å². The van der Waals surface area contributed by atoms with E-state index in [2.05, 4.69) is 30.6 Å². The fourth-order valence-electron chi connectivity index (χ4n) is 2.23. The highest BCUT2D eigenvalue weighted by Gasteiger charge is 2.16. The van der Waals surface area contributed by atoms with Crippen LogP contribution in [0.4, 0.5) is 5.69 Å². The van der Waals surface area contributed by atoms with Gasteiger partial charge in [0.05, 0.1) is 4.92 Å². The minimum Gasteiger partial charge on any atom is -0.303 e. The van der Waals surface area contributed by atoms with Gasteiger partial charge in [0.25, 0.3) is 5.69 Å². The van der Waals surface area contributed by atoms with Crippen molar-refractivity contribution < 1.29 is 4.92 Å². The molecule has 1 N–H and O–H groups in total. The lowest BCUT2D eigenvalue weighted by molar-refractivity contribution is -0.384. The molecule has 0 aliphatic carbocycles. The number of nitro benzene ring substituents is 1. The van der Waals surface area contributed by atoms with E-state index in [1.807, 2.05) is 12.1 Å². The largest absolute Gasteiger partial charge is 0.303 e. The normalized spacial score (nSPS) is 13.9. The van der Waals surface area contributed by atoms with Crippen molar-refractivity contribution in [3.8, 4) is 0 Å². The van der Waals surface area contributed by atoms with Gasteiger partial charge in [0.15, 0.2) is 0 Å². The summed E-state index contributed by atoms with van der Waals surface area (Å²) >= 11 is 1.72. The lowest BCUT2D eigenvalue weighted by Gasteiger charge is -2.22. The Morgan fingerprint density at radius 2 is 2.15 bits per heavy atom. The maximum atomic E-state index is 10.9. The van der Waals surface area contributed by atoms with Crippen molar-refractivity contribution in [1.29, 1.82) is 0 Å². The quantitative estimate of drug-likeness (QED) is 0.631. The molecule has 2 atom stereocenters. The third-order valence-electron chi connectivity index (χ3n) is 3.31. The molecule has 2 aromatic rings. The Hall–Kier alpha value is -1.72. The molecule has 0 radical (unpaired) electrons. The zero-order chi connectivity index (χ0) is 14.5. The molecule has 5 heteroatoms. The molecular weight excluding hydrogens is 272 g/mol. The van der Waals surface area contributed by atoms with E-state index >= 15 is 0 Å². The van der Waals surface area contributed by atoms with Crippen molar-refractivity contribution in [2.24, 2.45) is 0 Å². The maximum absolute atomic E-state index is 10.9. The topological polar surface area (TPSA) is 55.2 Å². The minimum atomic E-state index is -0.348. The summed E-state index contributed by atoms with van der Waals surface area (Å²) in [7, 11) is 0. The van der Waals surface area contributed by atoms with Crippen LogP contribution in [0.15, 0.2) is 41.8 Å². The fourth-order valence-corrected chi connectivity index (χ4v) is 2.97. The summed E-state index contributed by atoms with van der Waals surface area (Å²) in [6, 6.07) is 11.4. The van der Waals surface area contributed by atoms with Crippen LogP contribution < -0.4 is 5.32 Å². The second kappa shape index (κ2) is 6.63. The van der Waals surface area contributed by atoms with Crippen LogP contribution in [0.25, 0.3) is 0 Å². The molecule has 1 heterocycles. The Balaban J connectivity index is 2.15. The van der Waals surface area contributed by atoms with E-state index in [9.17, 15) is 10.1 Å². The smallest absolute Gasteiger partial charge is 0.269 e. The van der Waals surface area contributed by atoms with E-state index in [1.165, 1.54) is 10.9 Å².